The molecular weight excluding hydrogens is 312 g/mol. The normalized spacial score (nSPS) is 13.5. The molecule has 0 bridgehead atoms. The standard InChI is InChI=1S/C17H26O3SSi/c1-8-12-10-9-11-13(14(12)21(18,19)20)22-15(16(2,3)4)17(5,6)7/h8-11,15H,1H2,2-7H3,(H,18,19,20). The second-order valence-electron chi connectivity index (χ2n) is 7.71. The first-order chi connectivity index (χ1) is 9.78. The topological polar surface area (TPSA) is 54.4 Å². The Bertz CT molecular complexity index is 635. The highest BCUT2D eigenvalue weighted by molar-refractivity contribution is 7.86. The molecule has 0 atom stereocenters. The number of hydrogen-bond acceptors (Lipinski definition) is 2. The van der Waals surface area contributed by atoms with Crippen LogP contribution in [0.15, 0.2) is 29.7 Å². The van der Waals surface area contributed by atoms with Crippen LogP contribution in [-0.4, -0.2) is 22.5 Å². The van der Waals surface area contributed by atoms with Crippen molar-refractivity contribution < 1.29 is 13.0 Å². The minimum absolute atomic E-state index is 0.00170. The van der Waals surface area contributed by atoms with Gasteiger partial charge in [-0.1, -0.05) is 72.4 Å². The molecule has 0 saturated carbocycles. The van der Waals surface area contributed by atoms with Gasteiger partial charge >= 0.3 is 0 Å². The molecular formula is C17H26O3SSi. The first kappa shape index (κ1) is 19.1. The Morgan fingerprint density at radius 1 is 1.14 bits per heavy atom. The van der Waals surface area contributed by atoms with Crippen LogP contribution >= 0.6 is 0 Å². The average molecular weight is 339 g/mol. The molecule has 0 heterocycles. The van der Waals surface area contributed by atoms with Gasteiger partial charge in [0.2, 0.25) is 0 Å². The Hall–Kier alpha value is -0.913. The zero-order valence-corrected chi connectivity index (χ0v) is 16.1. The van der Waals surface area contributed by atoms with Crippen molar-refractivity contribution in [3.8, 4) is 0 Å². The van der Waals surface area contributed by atoms with Crippen LogP contribution in [-0.2, 0) is 10.1 Å². The lowest BCUT2D eigenvalue weighted by Gasteiger charge is -2.41. The fourth-order valence-electron chi connectivity index (χ4n) is 3.00. The van der Waals surface area contributed by atoms with Crippen LogP contribution in [0.4, 0.5) is 0 Å². The van der Waals surface area contributed by atoms with Gasteiger partial charge in [0.1, 0.15) is 0 Å². The monoisotopic (exact) mass is 338 g/mol. The largest absolute Gasteiger partial charge is 0.294 e. The third-order valence-corrected chi connectivity index (χ3v) is 7.46. The van der Waals surface area contributed by atoms with Crippen molar-refractivity contribution in [1.29, 1.82) is 0 Å². The predicted molar refractivity (Wildman–Crippen MR) is 94.4 cm³/mol. The molecule has 5 heteroatoms. The van der Waals surface area contributed by atoms with Gasteiger partial charge in [-0.3, -0.25) is 4.55 Å². The lowest BCUT2D eigenvalue weighted by molar-refractivity contribution is 0.233. The summed E-state index contributed by atoms with van der Waals surface area (Å²) >= 11 is 0. The molecule has 1 N–H and O–H groups in total. The summed E-state index contributed by atoms with van der Waals surface area (Å²) in [7, 11) is -3.99. The fraction of sp³-hybridized carbons (Fsp3) is 0.529. The lowest BCUT2D eigenvalue weighted by atomic mass is 9.77. The van der Waals surface area contributed by atoms with Crippen LogP contribution in [0, 0.1) is 10.8 Å². The van der Waals surface area contributed by atoms with Gasteiger partial charge in [-0.2, -0.15) is 8.42 Å². The van der Waals surface area contributed by atoms with Crippen molar-refractivity contribution in [3.05, 3.63) is 30.3 Å². The van der Waals surface area contributed by atoms with Crippen molar-refractivity contribution in [2.24, 2.45) is 10.8 Å². The van der Waals surface area contributed by atoms with Gasteiger partial charge in [-0.15, -0.1) is 0 Å². The molecule has 0 fully saturated rings. The molecule has 22 heavy (non-hydrogen) atoms. The Morgan fingerprint density at radius 2 is 1.64 bits per heavy atom. The van der Waals surface area contributed by atoms with Crippen LogP contribution < -0.4 is 5.19 Å². The molecule has 1 rings (SSSR count). The maximum atomic E-state index is 11.8. The van der Waals surface area contributed by atoms with Crippen molar-refractivity contribution in [3.63, 3.8) is 0 Å². The van der Waals surface area contributed by atoms with E-state index in [2.05, 4.69) is 48.1 Å². The molecule has 0 saturated heterocycles. The summed E-state index contributed by atoms with van der Waals surface area (Å²) in [5.74, 6) is 0. The maximum absolute atomic E-state index is 11.8. The quantitative estimate of drug-likeness (QED) is 0.671. The van der Waals surface area contributed by atoms with Crippen LogP contribution in [0.25, 0.3) is 6.08 Å². The Labute approximate surface area is 137 Å². The summed E-state index contributed by atoms with van der Waals surface area (Å²) in [5.41, 5.74) is 0.781. The minimum Gasteiger partial charge on any atom is -0.282 e. The lowest BCUT2D eigenvalue weighted by Crippen LogP contribution is -2.38. The summed E-state index contributed by atoms with van der Waals surface area (Å²) in [4.78, 5) is 0.00170. The van der Waals surface area contributed by atoms with Crippen molar-refractivity contribution in [2.45, 2.75) is 52.0 Å². The van der Waals surface area contributed by atoms with Crippen molar-refractivity contribution >= 4 is 30.9 Å². The second-order valence-corrected chi connectivity index (χ2v) is 10.5. The van der Waals surface area contributed by atoms with Gasteiger partial charge in [0.25, 0.3) is 10.1 Å². The molecule has 0 unspecified atom stereocenters. The molecule has 1 aromatic rings. The summed E-state index contributed by atoms with van der Waals surface area (Å²) < 4.78 is 33.3. The van der Waals surface area contributed by atoms with Crippen molar-refractivity contribution in [1.82, 2.24) is 0 Å². The zero-order valence-electron chi connectivity index (χ0n) is 14.3. The van der Waals surface area contributed by atoms with E-state index >= 15 is 0 Å². The molecule has 122 valence electrons. The molecule has 0 aliphatic rings. The molecule has 1 aromatic carbocycles. The number of rotatable bonds is 4. The highest BCUT2D eigenvalue weighted by Gasteiger charge is 2.36. The third-order valence-electron chi connectivity index (χ3n) is 3.56. The molecule has 0 spiro atoms. The predicted octanol–water partition coefficient (Wildman–Crippen LogP) is 3.79. The van der Waals surface area contributed by atoms with E-state index in [9.17, 15) is 13.0 Å². The number of benzene rings is 1. The van der Waals surface area contributed by atoms with E-state index in [1.54, 1.807) is 12.1 Å². The van der Waals surface area contributed by atoms with Gasteiger partial charge in [-0.25, -0.2) is 0 Å². The zero-order chi connectivity index (χ0) is 17.3. The van der Waals surface area contributed by atoms with E-state index in [1.807, 2.05) is 6.07 Å². The van der Waals surface area contributed by atoms with E-state index in [-0.39, 0.29) is 30.8 Å². The van der Waals surface area contributed by atoms with Crippen molar-refractivity contribution in [2.75, 3.05) is 0 Å². The minimum atomic E-state index is -4.28. The van der Waals surface area contributed by atoms with E-state index < -0.39 is 10.1 Å². The van der Waals surface area contributed by atoms with Crippen LogP contribution in [0.5, 0.6) is 0 Å². The number of hydrogen-bond donors (Lipinski definition) is 1. The molecule has 3 nitrogen and oxygen atoms in total. The Balaban J connectivity index is 3.48. The second kappa shape index (κ2) is 6.30. The van der Waals surface area contributed by atoms with Gasteiger partial charge < -0.3 is 0 Å². The summed E-state index contributed by atoms with van der Waals surface area (Å²) in [6.45, 7) is 16.7. The van der Waals surface area contributed by atoms with E-state index in [0.29, 0.717) is 10.8 Å². The SMILES string of the molecule is C=Cc1cccc([Si]C(C(C)(C)C)C(C)(C)C)c1S(=O)(=O)O. The average Bonchev–Trinajstić information content (AvgIpc) is 2.31. The molecule has 0 aliphatic heterocycles. The molecule has 0 aliphatic carbocycles. The van der Waals surface area contributed by atoms with Crippen LogP contribution in [0.2, 0.25) is 5.54 Å². The Kier molecular flexibility index (Phi) is 5.48. The maximum Gasteiger partial charge on any atom is 0.294 e. The first-order valence-corrected chi connectivity index (χ1v) is 9.79. The van der Waals surface area contributed by atoms with E-state index in [0.717, 1.165) is 0 Å². The summed E-state index contributed by atoms with van der Waals surface area (Å²) in [6.07, 6.45) is 1.47. The summed E-state index contributed by atoms with van der Waals surface area (Å²) in [6, 6.07) is 5.27. The highest BCUT2D eigenvalue weighted by Crippen LogP contribution is 2.44. The fourth-order valence-corrected chi connectivity index (χ4v) is 6.01. The van der Waals surface area contributed by atoms with Crippen LogP contribution in [0.1, 0.15) is 47.1 Å². The van der Waals surface area contributed by atoms with Gasteiger partial charge in [0.15, 0.2) is 0 Å². The van der Waals surface area contributed by atoms with Crippen LogP contribution in [0.3, 0.4) is 0 Å². The van der Waals surface area contributed by atoms with E-state index in [4.69, 9.17) is 0 Å². The molecule has 0 aromatic heterocycles. The van der Waals surface area contributed by atoms with Gasteiger partial charge in [0.05, 0.1) is 14.4 Å². The van der Waals surface area contributed by atoms with Gasteiger partial charge in [-0.05, 0) is 27.1 Å². The smallest absolute Gasteiger partial charge is 0.282 e. The third kappa shape index (κ3) is 4.54. The molecule has 2 radical (unpaired) electrons. The molecule has 0 amide bonds. The Morgan fingerprint density at radius 3 is 2.00 bits per heavy atom. The summed E-state index contributed by atoms with van der Waals surface area (Å²) in [5, 5.41) is 0.676. The highest BCUT2D eigenvalue weighted by atomic mass is 32.2. The van der Waals surface area contributed by atoms with E-state index in [1.165, 1.54) is 6.08 Å². The van der Waals surface area contributed by atoms with Gasteiger partial charge in [0, 0.05) is 0 Å². The first-order valence-electron chi connectivity index (χ1n) is 7.28.